The molecule has 0 aliphatic rings. The molecular weight excluding hydrogens is 365 g/mol. The first kappa shape index (κ1) is 17.2. The van der Waals surface area contributed by atoms with Gasteiger partial charge in [0, 0.05) is 16.3 Å². The van der Waals surface area contributed by atoms with Crippen LogP contribution in [0.25, 0.3) is 11.5 Å². The summed E-state index contributed by atoms with van der Waals surface area (Å²) >= 11 is 5.96. The zero-order chi connectivity index (χ0) is 18.6. The summed E-state index contributed by atoms with van der Waals surface area (Å²) in [4.78, 5) is 0. The highest BCUT2D eigenvalue weighted by Crippen LogP contribution is 2.29. The summed E-state index contributed by atoms with van der Waals surface area (Å²) < 4.78 is 19.3. The fourth-order valence-corrected chi connectivity index (χ4v) is 2.83. The van der Waals surface area contributed by atoms with Crippen LogP contribution in [-0.4, -0.2) is 10.2 Å². The van der Waals surface area contributed by atoms with E-state index in [1.807, 2.05) is 42.5 Å². The predicted molar refractivity (Wildman–Crippen MR) is 103 cm³/mol. The van der Waals surface area contributed by atoms with Gasteiger partial charge in [-0.25, -0.2) is 4.39 Å². The van der Waals surface area contributed by atoms with E-state index in [9.17, 15) is 4.39 Å². The molecule has 1 N–H and O–H groups in total. The number of nitrogens with zero attached hydrogens (tertiary/aromatic N) is 2. The summed E-state index contributed by atoms with van der Waals surface area (Å²) in [5, 5.41) is 12.3. The largest absolute Gasteiger partial charge is 0.418 e. The molecule has 0 aliphatic carbocycles. The Bertz CT molecular complexity index is 1020. The molecular formula is C21H15ClFN3O. The van der Waals surface area contributed by atoms with E-state index in [-0.39, 0.29) is 5.82 Å². The molecule has 1 atom stereocenters. The molecule has 4 nitrogen and oxygen atoms in total. The lowest BCUT2D eigenvalue weighted by Gasteiger charge is -2.17. The lowest BCUT2D eigenvalue weighted by atomic mass is 10.1. The van der Waals surface area contributed by atoms with E-state index in [0.29, 0.717) is 16.8 Å². The fraction of sp³-hybridized carbons (Fsp3) is 0.0476. The van der Waals surface area contributed by atoms with E-state index >= 15 is 0 Å². The average Bonchev–Trinajstić information content (AvgIpc) is 3.19. The number of anilines is 1. The predicted octanol–water partition coefficient (Wildman–Crippen LogP) is 5.73. The van der Waals surface area contributed by atoms with Crippen molar-refractivity contribution >= 4 is 17.3 Å². The van der Waals surface area contributed by atoms with Crippen LogP contribution in [0.5, 0.6) is 0 Å². The van der Waals surface area contributed by atoms with E-state index in [1.54, 1.807) is 24.3 Å². The monoisotopic (exact) mass is 379 g/mol. The molecule has 4 rings (SSSR count). The molecule has 27 heavy (non-hydrogen) atoms. The molecule has 0 spiro atoms. The molecule has 134 valence electrons. The first-order valence-electron chi connectivity index (χ1n) is 8.35. The normalized spacial score (nSPS) is 11.9. The third-order valence-electron chi connectivity index (χ3n) is 4.07. The molecule has 1 unspecified atom stereocenters. The van der Waals surface area contributed by atoms with Crippen LogP contribution in [0, 0.1) is 5.82 Å². The van der Waals surface area contributed by atoms with Gasteiger partial charge in [-0.2, -0.15) is 0 Å². The highest BCUT2D eigenvalue weighted by molar-refractivity contribution is 6.30. The van der Waals surface area contributed by atoms with Gasteiger partial charge in [-0.3, -0.25) is 0 Å². The molecule has 1 heterocycles. The molecule has 0 saturated carbocycles. The molecule has 0 aliphatic heterocycles. The minimum absolute atomic E-state index is 0.306. The topological polar surface area (TPSA) is 51.0 Å². The van der Waals surface area contributed by atoms with E-state index in [1.165, 1.54) is 12.1 Å². The maximum absolute atomic E-state index is 13.4. The van der Waals surface area contributed by atoms with E-state index in [0.717, 1.165) is 16.8 Å². The lowest BCUT2D eigenvalue weighted by Crippen LogP contribution is -2.13. The number of halogens is 2. The zero-order valence-corrected chi connectivity index (χ0v) is 14.9. The third-order valence-corrected chi connectivity index (χ3v) is 4.32. The van der Waals surface area contributed by atoms with Crippen LogP contribution in [0.2, 0.25) is 5.02 Å². The van der Waals surface area contributed by atoms with Gasteiger partial charge in [0.2, 0.25) is 11.8 Å². The molecule has 0 bridgehead atoms. The van der Waals surface area contributed by atoms with Crippen molar-refractivity contribution in [2.75, 3.05) is 5.32 Å². The Morgan fingerprint density at radius 1 is 0.852 bits per heavy atom. The van der Waals surface area contributed by atoms with Crippen molar-refractivity contribution in [1.82, 2.24) is 10.2 Å². The average molecular weight is 380 g/mol. The Morgan fingerprint density at radius 2 is 1.56 bits per heavy atom. The van der Waals surface area contributed by atoms with E-state index < -0.39 is 6.04 Å². The van der Waals surface area contributed by atoms with Gasteiger partial charge >= 0.3 is 0 Å². The first-order valence-corrected chi connectivity index (χ1v) is 8.73. The number of benzene rings is 3. The highest BCUT2D eigenvalue weighted by Gasteiger charge is 2.21. The minimum Gasteiger partial charge on any atom is -0.418 e. The summed E-state index contributed by atoms with van der Waals surface area (Å²) in [6.07, 6.45) is 0. The van der Waals surface area contributed by atoms with Crippen LogP contribution in [0.3, 0.4) is 0 Å². The van der Waals surface area contributed by atoms with Gasteiger partial charge < -0.3 is 9.73 Å². The summed E-state index contributed by atoms with van der Waals surface area (Å²) in [5.41, 5.74) is 2.46. The van der Waals surface area contributed by atoms with Crippen molar-refractivity contribution in [2.45, 2.75) is 6.04 Å². The van der Waals surface area contributed by atoms with Gasteiger partial charge in [0.1, 0.15) is 11.9 Å². The maximum Gasteiger partial charge on any atom is 0.247 e. The van der Waals surface area contributed by atoms with Crippen molar-refractivity contribution in [1.29, 1.82) is 0 Å². The van der Waals surface area contributed by atoms with Crippen molar-refractivity contribution in [3.05, 3.63) is 101 Å². The molecule has 0 radical (unpaired) electrons. The van der Waals surface area contributed by atoms with Crippen molar-refractivity contribution in [3.8, 4) is 11.5 Å². The molecule has 0 fully saturated rings. The van der Waals surface area contributed by atoms with E-state index in [2.05, 4.69) is 15.5 Å². The summed E-state index contributed by atoms with van der Waals surface area (Å²) in [6.45, 7) is 0. The van der Waals surface area contributed by atoms with Gasteiger partial charge in [0.15, 0.2) is 0 Å². The molecule has 6 heteroatoms. The summed E-state index contributed by atoms with van der Waals surface area (Å²) in [5.74, 6) is 0.505. The van der Waals surface area contributed by atoms with Crippen LogP contribution in [0.15, 0.2) is 83.3 Å². The van der Waals surface area contributed by atoms with Gasteiger partial charge in [-0.15, -0.1) is 10.2 Å². The van der Waals surface area contributed by atoms with Crippen LogP contribution in [-0.2, 0) is 0 Å². The molecule has 4 aromatic rings. The van der Waals surface area contributed by atoms with Crippen LogP contribution < -0.4 is 5.32 Å². The number of aromatic nitrogens is 2. The summed E-state index contributed by atoms with van der Waals surface area (Å²) in [6, 6.07) is 22.6. The van der Waals surface area contributed by atoms with Crippen LogP contribution in [0.4, 0.5) is 10.1 Å². The second-order valence-electron chi connectivity index (χ2n) is 5.95. The smallest absolute Gasteiger partial charge is 0.247 e. The van der Waals surface area contributed by atoms with Crippen LogP contribution in [0.1, 0.15) is 17.5 Å². The van der Waals surface area contributed by atoms with Gasteiger partial charge in [-0.1, -0.05) is 41.9 Å². The Balaban J connectivity index is 1.70. The van der Waals surface area contributed by atoms with Crippen molar-refractivity contribution in [3.63, 3.8) is 0 Å². The molecule has 0 saturated heterocycles. The van der Waals surface area contributed by atoms with Crippen LogP contribution >= 0.6 is 11.6 Å². The zero-order valence-electron chi connectivity index (χ0n) is 14.1. The number of hydrogen-bond donors (Lipinski definition) is 1. The second-order valence-corrected chi connectivity index (χ2v) is 6.38. The quantitative estimate of drug-likeness (QED) is 0.481. The minimum atomic E-state index is -0.434. The Hall–Kier alpha value is -3.18. The van der Waals surface area contributed by atoms with Gasteiger partial charge in [0.25, 0.3) is 0 Å². The third kappa shape index (κ3) is 3.99. The molecule has 0 amide bonds. The van der Waals surface area contributed by atoms with Crippen molar-refractivity contribution in [2.24, 2.45) is 0 Å². The SMILES string of the molecule is Fc1ccc(C(Nc2ccc(Cl)cc2)c2nnc(-c3ccccc3)o2)cc1. The fourth-order valence-electron chi connectivity index (χ4n) is 2.70. The van der Waals surface area contributed by atoms with Gasteiger partial charge in [0.05, 0.1) is 0 Å². The lowest BCUT2D eigenvalue weighted by molar-refractivity contribution is 0.494. The number of rotatable bonds is 5. The van der Waals surface area contributed by atoms with Gasteiger partial charge in [-0.05, 0) is 54.1 Å². The number of nitrogens with one attached hydrogen (secondary N) is 1. The number of hydrogen-bond acceptors (Lipinski definition) is 4. The Morgan fingerprint density at radius 3 is 2.26 bits per heavy atom. The second kappa shape index (κ2) is 7.60. The van der Waals surface area contributed by atoms with E-state index in [4.69, 9.17) is 16.0 Å². The highest BCUT2D eigenvalue weighted by atomic mass is 35.5. The summed E-state index contributed by atoms with van der Waals surface area (Å²) in [7, 11) is 0. The first-order chi connectivity index (χ1) is 13.2. The molecule has 3 aromatic carbocycles. The standard InChI is InChI=1S/C21H15ClFN3O/c22-16-8-12-18(13-9-16)24-19(14-6-10-17(23)11-7-14)21-26-25-20(27-21)15-4-2-1-3-5-15/h1-13,19,24H. The maximum atomic E-state index is 13.4. The molecule has 1 aromatic heterocycles. The Labute approximate surface area is 160 Å². The Kier molecular flexibility index (Phi) is 4.85. The van der Waals surface area contributed by atoms with Crippen molar-refractivity contribution < 1.29 is 8.81 Å².